The standard InChI is InChI=1S/C42H68N2O5/c1-27(2)28-13-18-42(32(45)26-44-23-21-43(10)22-24-44)20-19-40(8)29(35(28)42)11-12-31-39(7)16-15-33(49-34(46)25-37(3,4)36(47)48)38(5,6)30(39)14-17-41(31,40)9/h27,29-31,33H,11-26H2,1-10H3,(H,47,48). The molecule has 1 aliphatic heterocycles. The highest BCUT2D eigenvalue weighted by Gasteiger charge is 2.70. The van der Waals surface area contributed by atoms with Gasteiger partial charge in [-0.25, -0.2) is 0 Å². The van der Waals surface area contributed by atoms with E-state index < -0.39 is 11.4 Å². The Morgan fingerprint density at radius 1 is 0.857 bits per heavy atom. The highest BCUT2D eigenvalue weighted by Crippen LogP contribution is 2.77. The number of carboxylic acids is 1. The van der Waals surface area contributed by atoms with Gasteiger partial charge in [0.2, 0.25) is 0 Å². The summed E-state index contributed by atoms with van der Waals surface area (Å²) in [6.45, 7) is 25.1. The van der Waals surface area contributed by atoms with Crippen molar-refractivity contribution in [2.75, 3.05) is 39.8 Å². The van der Waals surface area contributed by atoms with Gasteiger partial charge in [0.25, 0.3) is 0 Å². The number of piperazine rings is 1. The molecule has 4 saturated carbocycles. The van der Waals surface area contributed by atoms with E-state index >= 15 is 0 Å². The Kier molecular flexibility index (Phi) is 9.41. The van der Waals surface area contributed by atoms with Crippen molar-refractivity contribution in [3.05, 3.63) is 11.1 Å². The van der Waals surface area contributed by atoms with Crippen molar-refractivity contribution in [2.24, 2.45) is 56.2 Å². The Balaban J connectivity index is 1.26. The van der Waals surface area contributed by atoms with Crippen molar-refractivity contribution in [2.45, 2.75) is 139 Å². The van der Waals surface area contributed by atoms with Gasteiger partial charge in [0, 0.05) is 31.6 Å². The van der Waals surface area contributed by atoms with E-state index in [9.17, 15) is 19.5 Å². The normalized spacial score (nSPS) is 41.0. The first-order valence-corrected chi connectivity index (χ1v) is 19.8. The second-order valence-corrected chi connectivity index (χ2v) is 20.0. The first-order chi connectivity index (χ1) is 22.7. The largest absolute Gasteiger partial charge is 0.481 e. The van der Waals surface area contributed by atoms with Crippen LogP contribution in [0.5, 0.6) is 0 Å². The number of aliphatic carboxylic acids is 1. The Morgan fingerprint density at radius 3 is 2.16 bits per heavy atom. The Morgan fingerprint density at radius 2 is 1.53 bits per heavy atom. The highest BCUT2D eigenvalue weighted by molar-refractivity contribution is 5.91. The summed E-state index contributed by atoms with van der Waals surface area (Å²) in [6, 6.07) is 0. The molecule has 6 rings (SSSR count). The summed E-state index contributed by atoms with van der Waals surface area (Å²) in [4.78, 5) is 44.2. The molecule has 0 radical (unpaired) electrons. The number of nitrogens with zero attached hydrogens (tertiary/aromatic N) is 2. The average Bonchev–Trinajstić information content (AvgIpc) is 3.41. The number of esters is 1. The number of carbonyl (C=O) groups is 3. The fourth-order valence-electron chi connectivity index (χ4n) is 13.3. The molecular formula is C42H68N2O5. The van der Waals surface area contributed by atoms with Gasteiger partial charge in [-0.1, -0.05) is 59.6 Å². The molecule has 1 N–H and O–H groups in total. The van der Waals surface area contributed by atoms with Gasteiger partial charge in [-0.15, -0.1) is 0 Å². The second-order valence-electron chi connectivity index (χ2n) is 20.0. The fourth-order valence-corrected chi connectivity index (χ4v) is 13.3. The van der Waals surface area contributed by atoms with E-state index in [4.69, 9.17) is 4.74 Å². The van der Waals surface area contributed by atoms with Crippen LogP contribution < -0.4 is 0 Å². The van der Waals surface area contributed by atoms with Crippen LogP contribution in [-0.4, -0.2) is 78.5 Å². The minimum atomic E-state index is -1.14. The summed E-state index contributed by atoms with van der Waals surface area (Å²) >= 11 is 0. The summed E-state index contributed by atoms with van der Waals surface area (Å²) in [5.41, 5.74) is 2.09. The topological polar surface area (TPSA) is 87.2 Å². The number of carboxylic acid groups (broad SMARTS) is 1. The lowest BCUT2D eigenvalue weighted by molar-refractivity contribution is -0.233. The van der Waals surface area contributed by atoms with Crippen molar-refractivity contribution in [3.8, 4) is 0 Å². The molecule has 276 valence electrons. The van der Waals surface area contributed by atoms with Gasteiger partial charge in [0.05, 0.1) is 23.8 Å². The second kappa shape index (κ2) is 12.5. The first kappa shape index (κ1) is 37.0. The van der Waals surface area contributed by atoms with E-state index in [-0.39, 0.29) is 45.6 Å². The highest BCUT2D eigenvalue weighted by atomic mass is 16.5. The monoisotopic (exact) mass is 681 g/mol. The number of fused-ring (bicyclic) bond motifs is 7. The molecule has 0 aromatic carbocycles. The van der Waals surface area contributed by atoms with Crippen molar-refractivity contribution >= 4 is 17.7 Å². The van der Waals surface area contributed by atoms with E-state index in [0.717, 1.165) is 71.1 Å². The number of ketones is 1. The van der Waals surface area contributed by atoms with E-state index in [1.807, 2.05) is 0 Å². The number of likely N-dealkylation sites (N-methyl/N-ethyl adjacent to an activating group) is 1. The van der Waals surface area contributed by atoms with Crippen LogP contribution in [0.2, 0.25) is 0 Å². The molecule has 8 atom stereocenters. The van der Waals surface area contributed by atoms with Crippen LogP contribution in [0.1, 0.15) is 133 Å². The third-order valence-corrected chi connectivity index (χ3v) is 16.5. The van der Waals surface area contributed by atoms with Crippen molar-refractivity contribution in [1.82, 2.24) is 9.80 Å². The van der Waals surface area contributed by atoms with Crippen molar-refractivity contribution in [1.29, 1.82) is 0 Å². The third kappa shape index (κ3) is 5.69. The number of ether oxygens (including phenoxy) is 1. The molecule has 0 aromatic rings. The molecule has 0 aromatic heterocycles. The Labute approximate surface area is 297 Å². The van der Waals surface area contributed by atoms with Crippen molar-refractivity contribution < 1.29 is 24.2 Å². The quantitative estimate of drug-likeness (QED) is 0.205. The molecule has 49 heavy (non-hydrogen) atoms. The molecule has 1 saturated heterocycles. The van der Waals surface area contributed by atoms with Crippen molar-refractivity contribution in [3.63, 3.8) is 0 Å². The molecule has 5 fully saturated rings. The van der Waals surface area contributed by atoms with Crippen LogP contribution in [0, 0.1) is 56.2 Å². The van der Waals surface area contributed by atoms with E-state index in [1.54, 1.807) is 25.0 Å². The lowest BCUT2D eigenvalue weighted by Gasteiger charge is -2.72. The molecule has 5 aliphatic carbocycles. The van der Waals surface area contributed by atoms with Crippen LogP contribution in [0.4, 0.5) is 0 Å². The van der Waals surface area contributed by atoms with Crippen LogP contribution in [0.15, 0.2) is 11.1 Å². The van der Waals surface area contributed by atoms with E-state index in [2.05, 4.69) is 65.3 Å². The summed E-state index contributed by atoms with van der Waals surface area (Å²) in [5, 5.41) is 9.60. The van der Waals surface area contributed by atoms with Gasteiger partial charge in [-0.05, 0) is 125 Å². The lowest BCUT2D eigenvalue weighted by Crippen LogP contribution is -2.66. The summed E-state index contributed by atoms with van der Waals surface area (Å²) in [6.07, 6.45) is 10.5. The summed E-state index contributed by atoms with van der Waals surface area (Å²) < 4.78 is 6.18. The van der Waals surface area contributed by atoms with E-state index in [0.29, 0.717) is 36.0 Å². The van der Waals surface area contributed by atoms with Gasteiger partial charge in [-0.3, -0.25) is 19.3 Å². The summed E-state index contributed by atoms with van der Waals surface area (Å²) in [7, 11) is 2.18. The van der Waals surface area contributed by atoms with Crippen LogP contribution in [0.25, 0.3) is 0 Å². The molecular weight excluding hydrogens is 612 g/mol. The predicted molar refractivity (Wildman–Crippen MR) is 194 cm³/mol. The molecule has 8 unspecified atom stereocenters. The number of hydrogen-bond acceptors (Lipinski definition) is 6. The molecule has 0 spiro atoms. The van der Waals surface area contributed by atoms with Gasteiger partial charge in [-0.2, -0.15) is 0 Å². The van der Waals surface area contributed by atoms with Crippen LogP contribution in [0.3, 0.4) is 0 Å². The molecule has 0 amide bonds. The molecule has 6 aliphatic rings. The zero-order chi connectivity index (χ0) is 35.9. The van der Waals surface area contributed by atoms with Gasteiger partial charge < -0.3 is 14.7 Å². The number of rotatable bonds is 8. The first-order valence-electron chi connectivity index (χ1n) is 19.8. The maximum atomic E-state index is 14.6. The molecule has 7 nitrogen and oxygen atoms in total. The van der Waals surface area contributed by atoms with Gasteiger partial charge in [0.15, 0.2) is 5.78 Å². The molecule has 0 bridgehead atoms. The van der Waals surface area contributed by atoms with Crippen LogP contribution >= 0.6 is 0 Å². The number of carbonyl (C=O) groups excluding carboxylic acids is 2. The lowest BCUT2D eigenvalue weighted by atomic mass is 9.33. The number of allylic oxidation sites excluding steroid dienone is 2. The van der Waals surface area contributed by atoms with Crippen LogP contribution in [-0.2, 0) is 19.1 Å². The SMILES string of the molecule is CC(C)C1=C2C3CCC4C5(C)CCC(OC(=O)CC(C)(C)C(=O)O)C(C)(C)C5CCC4(C)C3(C)CCC2(C(=O)CN2CCN(C)CC2)CC1. The third-order valence-electron chi connectivity index (χ3n) is 16.5. The smallest absolute Gasteiger partial charge is 0.309 e. The maximum Gasteiger partial charge on any atom is 0.309 e. The fraction of sp³-hybridized carbons (Fsp3) is 0.881. The van der Waals surface area contributed by atoms with Gasteiger partial charge in [0.1, 0.15) is 6.10 Å². The number of Topliss-reactive ketones (excluding diaryl/α,β-unsaturated/α-hetero) is 1. The number of hydrogen-bond donors (Lipinski definition) is 1. The Hall–Kier alpha value is -1.73. The maximum absolute atomic E-state index is 14.6. The molecule has 7 heteroatoms. The predicted octanol–water partition coefficient (Wildman–Crippen LogP) is 8.02. The minimum absolute atomic E-state index is 0.106. The van der Waals surface area contributed by atoms with Gasteiger partial charge >= 0.3 is 11.9 Å². The zero-order valence-corrected chi connectivity index (χ0v) is 32.7. The van der Waals surface area contributed by atoms with E-state index in [1.165, 1.54) is 19.3 Å². The molecule has 1 heterocycles. The Bertz CT molecular complexity index is 1370. The summed E-state index contributed by atoms with van der Waals surface area (Å²) in [5.74, 6) is 1.12. The zero-order valence-electron chi connectivity index (χ0n) is 32.7. The average molecular weight is 681 g/mol. The minimum Gasteiger partial charge on any atom is -0.481 e.